The molecule has 0 spiro atoms. The van der Waals surface area contributed by atoms with Crippen LogP contribution >= 0.6 is 12.6 Å². The van der Waals surface area contributed by atoms with Gasteiger partial charge in [-0.1, -0.05) is 12.1 Å². The highest BCUT2D eigenvalue weighted by molar-refractivity contribution is 7.80. The van der Waals surface area contributed by atoms with Gasteiger partial charge in [0.2, 0.25) is 0 Å². The average Bonchev–Trinajstić information content (AvgIpc) is 2.84. The van der Waals surface area contributed by atoms with E-state index in [9.17, 15) is 5.11 Å². The third kappa shape index (κ3) is 1.20. The van der Waals surface area contributed by atoms with E-state index in [1.54, 1.807) is 6.07 Å². The fourth-order valence-corrected chi connectivity index (χ4v) is 2.02. The van der Waals surface area contributed by atoms with Crippen molar-refractivity contribution in [2.45, 2.75) is 18.3 Å². The Morgan fingerprint density at radius 3 is 2.67 bits per heavy atom. The Kier molecular flexibility index (Phi) is 1.80. The molecule has 1 aliphatic carbocycles. The molecule has 0 bridgehead atoms. The maximum Gasteiger partial charge on any atom is 0.115 e. The van der Waals surface area contributed by atoms with Crippen molar-refractivity contribution in [2.24, 2.45) is 0 Å². The predicted octanol–water partition coefficient (Wildman–Crippen LogP) is 2.35. The van der Waals surface area contributed by atoms with Crippen LogP contribution in [-0.2, 0) is 5.41 Å². The van der Waals surface area contributed by atoms with Crippen molar-refractivity contribution in [2.75, 3.05) is 5.75 Å². The van der Waals surface area contributed by atoms with E-state index in [0.717, 1.165) is 5.75 Å². The SMILES string of the molecule is Oc1cccc(C2(CS)CC2)c1. The molecular weight excluding hydrogens is 168 g/mol. The minimum atomic E-state index is 0.280. The van der Waals surface area contributed by atoms with Gasteiger partial charge >= 0.3 is 0 Å². The summed E-state index contributed by atoms with van der Waals surface area (Å²) in [7, 11) is 0. The highest BCUT2D eigenvalue weighted by Gasteiger charge is 2.42. The van der Waals surface area contributed by atoms with Gasteiger partial charge in [-0.05, 0) is 36.3 Å². The van der Waals surface area contributed by atoms with E-state index >= 15 is 0 Å². The maximum atomic E-state index is 9.27. The summed E-state index contributed by atoms with van der Waals surface area (Å²) in [5, 5.41) is 9.27. The summed E-state index contributed by atoms with van der Waals surface area (Å²) in [6.07, 6.45) is 2.42. The minimum Gasteiger partial charge on any atom is -0.508 e. The van der Waals surface area contributed by atoms with Crippen LogP contribution in [0.1, 0.15) is 18.4 Å². The van der Waals surface area contributed by atoms with Gasteiger partial charge in [-0.3, -0.25) is 0 Å². The fraction of sp³-hybridized carbons (Fsp3) is 0.400. The van der Waals surface area contributed by atoms with Crippen molar-refractivity contribution >= 4 is 12.6 Å². The molecule has 1 fully saturated rings. The molecule has 0 saturated heterocycles. The van der Waals surface area contributed by atoms with Gasteiger partial charge in [0.05, 0.1) is 0 Å². The van der Waals surface area contributed by atoms with Crippen molar-refractivity contribution in [1.82, 2.24) is 0 Å². The number of thiol groups is 1. The van der Waals surface area contributed by atoms with Gasteiger partial charge in [-0.25, -0.2) is 0 Å². The first-order chi connectivity index (χ1) is 5.77. The van der Waals surface area contributed by atoms with Crippen LogP contribution < -0.4 is 0 Å². The Morgan fingerprint density at radius 1 is 1.42 bits per heavy atom. The number of rotatable bonds is 2. The van der Waals surface area contributed by atoms with Gasteiger partial charge in [-0.15, -0.1) is 0 Å². The molecule has 0 atom stereocenters. The van der Waals surface area contributed by atoms with Crippen LogP contribution in [0.2, 0.25) is 0 Å². The summed E-state index contributed by atoms with van der Waals surface area (Å²) in [6.45, 7) is 0. The van der Waals surface area contributed by atoms with Crippen molar-refractivity contribution < 1.29 is 5.11 Å². The van der Waals surface area contributed by atoms with Crippen molar-refractivity contribution in [1.29, 1.82) is 0 Å². The lowest BCUT2D eigenvalue weighted by molar-refractivity contribution is 0.473. The Morgan fingerprint density at radius 2 is 2.17 bits per heavy atom. The molecule has 0 radical (unpaired) electrons. The summed E-state index contributed by atoms with van der Waals surface area (Å²) in [5.74, 6) is 1.25. The summed E-state index contributed by atoms with van der Waals surface area (Å²) in [5.41, 5.74) is 1.51. The highest BCUT2D eigenvalue weighted by atomic mass is 32.1. The minimum absolute atomic E-state index is 0.280. The Bertz CT molecular complexity index is 292. The van der Waals surface area contributed by atoms with Gasteiger partial charge in [0.25, 0.3) is 0 Å². The molecule has 1 nitrogen and oxygen atoms in total. The monoisotopic (exact) mass is 180 g/mol. The van der Waals surface area contributed by atoms with Gasteiger partial charge in [0.15, 0.2) is 0 Å². The molecule has 1 aromatic carbocycles. The molecule has 1 saturated carbocycles. The number of aromatic hydroxyl groups is 1. The van der Waals surface area contributed by atoms with Crippen molar-refractivity contribution in [3.05, 3.63) is 29.8 Å². The van der Waals surface area contributed by atoms with Crippen LogP contribution in [0.25, 0.3) is 0 Å². The van der Waals surface area contributed by atoms with Crippen LogP contribution in [0.5, 0.6) is 5.75 Å². The Labute approximate surface area is 77.8 Å². The van der Waals surface area contributed by atoms with E-state index in [4.69, 9.17) is 0 Å². The second-order valence-corrected chi connectivity index (χ2v) is 3.81. The van der Waals surface area contributed by atoms with Crippen LogP contribution in [0.15, 0.2) is 24.3 Å². The van der Waals surface area contributed by atoms with Crippen molar-refractivity contribution in [3.63, 3.8) is 0 Å². The molecule has 12 heavy (non-hydrogen) atoms. The van der Waals surface area contributed by atoms with E-state index in [2.05, 4.69) is 18.7 Å². The first-order valence-corrected chi connectivity index (χ1v) is 4.80. The number of benzene rings is 1. The molecule has 1 aliphatic rings. The van der Waals surface area contributed by atoms with Gasteiger partial charge in [-0.2, -0.15) is 12.6 Å². The van der Waals surface area contributed by atoms with E-state index in [1.807, 2.05) is 12.1 Å². The van der Waals surface area contributed by atoms with Gasteiger partial charge in [0.1, 0.15) is 5.75 Å². The number of phenols is 1. The van der Waals surface area contributed by atoms with E-state index in [-0.39, 0.29) is 5.41 Å². The highest BCUT2D eigenvalue weighted by Crippen LogP contribution is 2.49. The van der Waals surface area contributed by atoms with Crippen LogP contribution in [0.3, 0.4) is 0 Å². The molecular formula is C10H12OS. The van der Waals surface area contributed by atoms with Crippen LogP contribution in [0, 0.1) is 0 Å². The zero-order chi connectivity index (χ0) is 8.60. The molecule has 0 aromatic heterocycles. The molecule has 1 N–H and O–H groups in total. The summed E-state index contributed by atoms with van der Waals surface area (Å²) in [6, 6.07) is 7.53. The summed E-state index contributed by atoms with van der Waals surface area (Å²) < 4.78 is 0. The third-order valence-corrected chi connectivity index (χ3v) is 3.22. The van der Waals surface area contributed by atoms with Gasteiger partial charge in [0, 0.05) is 5.41 Å². The quantitative estimate of drug-likeness (QED) is 0.669. The first-order valence-electron chi connectivity index (χ1n) is 4.17. The fourth-order valence-electron chi connectivity index (χ4n) is 1.52. The second kappa shape index (κ2) is 2.70. The molecule has 64 valence electrons. The number of phenolic OH excluding ortho intramolecular Hbond substituents is 1. The Hall–Kier alpha value is -0.630. The lowest BCUT2D eigenvalue weighted by atomic mass is 9.98. The molecule has 0 amide bonds. The average molecular weight is 180 g/mol. The smallest absolute Gasteiger partial charge is 0.115 e. The van der Waals surface area contributed by atoms with Crippen molar-refractivity contribution in [3.8, 4) is 5.75 Å². The van der Waals surface area contributed by atoms with Gasteiger partial charge < -0.3 is 5.11 Å². The van der Waals surface area contributed by atoms with E-state index < -0.39 is 0 Å². The largest absolute Gasteiger partial charge is 0.508 e. The molecule has 0 aliphatic heterocycles. The number of hydrogen-bond donors (Lipinski definition) is 2. The molecule has 2 rings (SSSR count). The lowest BCUT2D eigenvalue weighted by Gasteiger charge is -2.11. The summed E-state index contributed by atoms with van der Waals surface area (Å²) in [4.78, 5) is 0. The van der Waals surface area contributed by atoms with E-state index in [0.29, 0.717) is 5.75 Å². The predicted molar refractivity (Wildman–Crippen MR) is 52.9 cm³/mol. The van der Waals surface area contributed by atoms with E-state index in [1.165, 1.54) is 18.4 Å². The summed E-state index contributed by atoms with van der Waals surface area (Å²) >= 11 is 4.33. The number of hydrogen-bond acceptors (Lipinski definition) is 2. The normalized spacial score (nSPS) is 19.1. The molecule has 0 heterocycles. The lowest BCUT2D eigenvalue weighted by Crippen LogP contribution is -2.07. The van der Waals surface area contributed by atoms with Crippen LogP contribution in [0.4, 0.5) is 0 Å². The molecule has 0 unspecified atom stereocenters. The second-order valence-electron chi connectivity index (χ2n) is 3.49. The maximum absolute atomic E-state index is 9.27. The zero-order valence-corrected chi connectivity index (χ0v) is 7.72. The topological polar surface area (TPSA) is 20.2 Å². The standard InChI is InChI=1S/C10H12OS/c11-9-3-1-2-8(6-9)10(7-12)4-5-10/h1-3,6,11-12H,4-5,7H2. The zero-order valence-electron chi connectivity index (χ0n) is 6.83. The van der Waals surface area contributed by atoms with Crippen LogP contribution in [-0.4, -0.2) is 10.9 Å². The molecule has 1 aromatic rings. The first kappa shape index (κ1) is 7.99. The Balaban J connectivity index is 2.34. The molecule has 2 heteroatoms. The third-order valence-electron chi connectivity index (χ3n) is 2.61.